The Bertz CT molecular complexity index is 944. The van der Waals surface area contributed by atoms with Gasteiger partial charge < -0.3 is 10.1 Å². The minimum atomic E-state index is -0.172. The number of amides is 1. The first kappa shape index (κ1) is 19.3. The molecule has 27 heavy (non-hydrogen) atoms. The second-order valence-electron chi connectivity index (χ2n) is 5.99. The highest BCUT2D eigenvalue weighted by Crippen LogP contribution is 2.29. The van der Waals surface area contributed by atoms with Crippen LogP contribution in [0, 0.1) is 6.92 Å². The topological polar surface area (TPSA) is 38.3 Å². The average molecular weight is 398 g/mol. The zero-order valence-electron chi connectivity index (χ0n) is 15.2. The molecule has 3 aromatic carbocycles. The van der Waals surface area contributed by atoms with E-state index in [2.05, 4.69) is 17.4 Å². The Labute approximate surface area is 168 Å². The number of rotatable bonds is 6. The standard InChI is InChI=1S/C22H20ClNO2S/c1-15-19(23)9-6-10-20(15)24-22(25)16-11-12-21(26-2)17(13-16)14-27-18-7-4-3-5-8-18/h3-13H,14H2,1-2H3,(H,24,25). The molecule has 0 saturated heterocycles. The molecule has 0 aliphatic carbocycles. The minimum Gasteiger partial charge on any atom is -0.496 e. The van der Waals surface area contributed by atoms with Gasteiger partial charge in [-0.25, -0.2) is 0 Å². The third kappa shape index (κ3) is 4.85. The lowest BCUT2D eigenvalue weighted by molar-refractivity contribution is 0.102. The summed E-state index contributed by atoms with van der Waals surface area (Å²) in [5, 5.41) is 3.56. The van der Waals surface area contributed by atoms with Crippen molar-refractivity contribution in [3.63, 3.8) is 0 Å². The van der Waals surface area contributed by atoms with Crippen LogP contribution in [-0.2, 0) is 5.75 Å². The third-order valence-corrected chi connectivity index (χ3v) is 5.67. The first-order valence-electron chi connectivity index (χ1n) is 8.49. The SMILES string of the molecule is COc1ccc(C(=O)Nc2cccc(Cl)c2C)cc1CSc1ccccc1. The van der Waals surface area contributed by atoms with E-state index in [4.69, 9.17) is 16.3 Å². The van der Waals surface area contributed by atoms with E-state index in [0.29, 0.717) is 22.0 Å². The molecule has 0 unspecified atom stereocenters. The lowest BCUT2D eigenvalue weighted by Crippen LogP contribution is -2.13. The Balaban J connectivity index is 1.79. The number of anilines is 1. The van der Waals surface area contributed by atoms with Crippen LogP contribution in [0.15, 0.2) is 71.6 Å². The predicted octanol–water partition coefficient (Wildman–Crippen LogP) is 6.20. The first-order valence-corrected chi connectivity index (χ1v) is 9.86. The van der Waals surface area contributed by atoms with Gasteiger partial charge in [-0.15, -0.1) is 11.8 Å². The summed E-state index contributed by atoms with van der Waals surface area (Å²) >= 11 is 7.84. The molecule has 138 valence electrons. The lowest BCUT2D eigenvalue weighted by Gasteiger charge is -2.12. The number of carbonyl (C=O) groups is 1. The second-order valence-corrected chi connectivity index (χ2v) is 7.45. The van der Waals surface area contributed by atoms with Gasteiger partial charge >= 0.3 is 0 Å². The predicted molar refractivity (Wildman–Crippen MR) is 113 cm³/mol. The smallest absolute Gasteiger partial charge is 0.255 e. The molecule has 0 aliphatic heterocycles. The number of halogens is 1. The quantitative estimate of drug-likeness (QED) is 0.503. The number of nitrogens with one attached hydrogen (secondary N) is 1. The maximum absolute atomic E-state index is 12.7. The molecule has 5 heteroatoms. The average Bonchev–Trinajstić information content (AvgIpc) is 2.70. The van der Waals surface area contributed by atoms with Crippen molar-refractivity contribution >= 4 is 35.0 Å². The summed E-state index contributed by atoms with van der Waals surface area (Å²) < 4.78 is 5.46. The molecule has 1 amide bonds. The van der Waals surface area contributed by atoms with Gasteiger partial charge in [0.15, 0.2) is 0 Å². The Morgan fingerprint density at radius 2 is 1.85 bits per heavy atom. The molecule has 0 radical (unpaired) electrons. The van der Waals surface area contributed by atoms with Crippen LogP contribution in [0.1, 0.15) is 21.5 Å². The summed E-state index contributed by atoms with van der Waals surface area (Å²) in [5.74, 6) is 1.31. The van der Waals surface area contributed by atoms with Crippen molar-refractivity contribution in [3.05, 3.63) is 88.4 Å². The highest BCUT2D eigenvalue weighted by atomic mass is 35.5. The third-order valence-electron chi connectivity index (χ3n) is 4.20. The molecule has 3 aromatic rings. The van der Waals surface area contributed by atoms with E-state index in [9.17, 15) is 4.79 Å². The fraction of sp³-hybridized carbons (Fsp3) is 0.136. The Kier molecular flexibility index (Phi) is 6.43. The van der Waals surface area contributed by atoms with Gasteiger partial charge in [0.25, 0.3) is 5.91 Å². The van der Waals surface area contributed by atoms with Crippen LogP contribution in [0.2, 0.25) is 5.02 Å². The Morgan fingerprint density at radius 3 is 2.59 bits per heavy atom. The molecule has 0 spiro atoms. The maximum Gasteiger partial charge on any atom is 0.255 e. The van der Waals surface area contributed by atoms with Crippen molar-refractivity contribution in [2.24, 2.45) is 0 Å². The van der Waals surface area contributed by atoms with Crippen molar-refractivity contribution in [2.45, 2.75) is 17.6 Å². The van der Waals surface area contributed by atoms with E-state index >= 15 is 0 Å². The van der Waals surface area contributed by atoms with Gasteiger partial charge in [-0.2, -0.15) is 0 Å². The molecule has 1 N–H and O–H groups in total. The second kappa shape index (κ2) is 8.98. The summed E-state index contributed by atoms with van der Waals surface area (Å²) in [7, 11) is 1.64. The fourth-order valence-electron chi connectivity index (χ4n) is 2.65. The van der Waals surface area contributed by atoms with Gasteiger partial charge in [0, 0.05) is 32.5 Å². The molecule has 0 aromatic heterocycles. The van der Waals surface area contributed by atoms with Crippen LogP contribution in [0.25, 0.3) is 0 Å². The number of hydrogen-bond donors (Lipinski definition) is 1. The maximum atomic E-state index is 12.7. The highest BCUT2D eigenvalue weighted by Gasteiger charge is 2.12. The van der Waals surface area contributed by atoms with Crippen LogP contribution in [0.3, 0.4) is 0 Å². The molecule has 0 saturated carbocycles. The Hall–Kier alpha value is -2.43. The van der Waals surface area contributed by atoms with Gasteiger partial charge in [-0.05, 0) is 55.0 Å². The normalized spacial score (nSPS) is 10.5. The summed E-state index contributed by atoms with van der Waals surface area (Å²) in [6.45, 7) is 1.88. The fourth-order valence-corrected chi connectivity index (χ4v) is 3.72. The zero-order chi connectivity index (χ0) is 19.2. The number of benzene rings is 3. The molecule has 0 aliphatic rings. The molecule has 0 heterocycles. The van der Waals surface area contributed by atoms with E-state index in [1.807, 2.05) is 49.4 Å². The van der Waals surface area contributed by atoms with Crippen molar-refractivity contribution in [1.82, 2.24) is 0 Å². The van der Waals surface area contributed by atoms with Crippen LogP contribution in [0.4, 0.5) is 5.69 Å². The number of methoxy groups -OCH3 is 1. The van der Waals surface area contributed by atoms with Gasteiger partial charge in [0.1, 0.15) is 5.75 Å². The van der Waals surface area contributed by atoms with Crippen LogP contribution < -0.4 is 10.1 Å². The van der Waals surface area contributed by atoms with E-state index in [1.54, 1.807) is 31.0 Å². The van der Waals surface area contributed by atoms with Crippen LogP contribution in [0.5, 0.6) is 5.75 Å². The van der Waals surface area contributed by atoms with E-state index in [1.165, 1.54) is 4.90 Å². The van der Waals surface area contributed by atoms with Gasteiger partial charge in [0.05, 0.1) is 7.11 Å². The number of ether oxygens (including phenoxy) is 1. The summed E-state index contributed by atoms with van der Waals surface area (Å²) in [5.41, 5.74) is 3.12. The lowest BCUT2D eigenvalue weighted by atomic mass is 10.1. The molecular weight excluding hydrogens is 378 g/mol. The molecule has 0 bridgehead atoms. The van der Waals surface area contributed by atoms with E-state index in [0.717, 1.165) is 16.9 Å². The van der Waals surface area contributed by atoms with Crippen molar-refractivity contribution in [1.29, 1.82) is 0 Å². The first-order chi connectivity index (χ1) is 13.1. The monoisotopic (exact) mass is 397 g/mol. The van der Waals surface area contributed by atoms with E-state index < -0.39 is 0 Å². The molecule has 0 atom stereocenters. The van der Waals surface area contributed by atoms with Crippen molar-refractivity contribution in [2.75, 3.05) is 12.4 Å². The van der Waals surface area contributed by atoms with Crippen LogP contribution >= 0.6 is 23.4 Å². The molecular formula is C22H20ClNO2S. The minimum absolute atomic E-state index is 0.172. The van der Waals surface area contributed by atoms with E-state index in [-0.39, 0.29) is 5.91 Å². The molecule has 3 nitrogen and oxygen atoms in total. The molecule has 0 fully saturated rings. The number of thioether (sulfide) groups is 1. The highest BCUT2D eigenvalue weighted by molar-refractivity contribution is 7.98. The van der Waals surface area contributed by atoms with Crippen molar-refractivity contribution < 1.29 is 9.53 Å². The summed E-state index contributed by atoms with van der Waals surface area (Å²) in [6, 6.07) is 21.1. The van der Waals surface area contributed by atoms with Gasteiger partial charge in [-0.3, -0.25) is 4.79 Å². The van der Waals surface area contributed by atoms with Crippen molar-refractivity contribution in [3.8, 4) is 5.75 Å². The van der Waals surface area contributed by atoms with Crippen LogP contribution in [-0.4, -0.2) is 13.0 Å². The Morgan fingerprint density at radius 1 is 1.07 bits per heavy atom. The summed E-state index contributed by atoms with van der Waals surface area (Å²) in [4.78, 5) is 13.9. The number of carbonyl (C=O) groups excluding carboxylic acids is 1. The molecule has 3 rings (SSSR count). The largest absolute Gasteiger partial charge is 0.496 e. The van der Waals surface area contributed by atoms with Gasteiger partial charge in [-0.1, -0.05) is 35.9 Å². The summed E-state index contributed by atoms with van der Waals surface area (Å²) in [6.07, 6.45) is 0. The number of hydrogen-bond acceptors (Lipinski definition) is 3. The zero-order valence-corrected chi connectivity index (χ0v) is 16.7. The van der Waals surface area contributed by atoms with Gasteiger partial charge in [0.2, 0.25) is 0 Å².